The summed E-state index contributed by atoms with van der Waals surface area (Å²) in [6, 6.07) is 13.3. The first-order valence-electron chi connectivity index (χ1n) is 12.6. The number of amides is 3. The fourth-order valence-corrected chi connectivity index (χ4v) is 4.54. The maximum atomic E-state index is 13.7. The minimum absolute atomic E-state index is 0.0183. The van der Waals surface area contributed by atoms with Gasteiger partial charge in [0.05, 0.1) is 16.8 Å². The van der Waals surface area contributed by atoms with E-state index < -0.39 is 12.9 Å². The van der Waals surface area contributed by atoms with Crippen molar-refractivity contribution in [3.8, 4) is 11.4 Å². The lowest BCUT2D eigenvalue weighted by molar-refractivity contribution is -0.119. The topological polar surface area (TPSA) is 111 Å². The average molecular weight is 464 g/mol. The van der Waals surface area contributed by atoms with E-state index in [1.165, 1.54) is 16.8 Å². The van der Waals surface area contributed by atoms with Crippen molar-refractivity contribution < 1.29 is 23.2 Å². The molecule has 0 radical (unpaired) electrons. The molecule has 0 unspecified atom stereocenters. The molecule has 0 spiro atoms. The van der Waals surface area contributed by atoms with Gasteiger partial charge in [-0.05, 0) is 67.8 Å². The molecule has 174 valence electrons. The first kappa shape index (κ1) is 18.3. The van der Waals surface area contributed by atoms with Crippen LogP contribution in [0, 0.1) is 0 Å². The number of primary amides is 1. The fourth-order valence-electron chi connectivity index (χ4n) is 4.54. The number of fused-ring (bicyclic) bond motifs is 1. The average Bonchev–Trinajstić information content (AvgIpc) is 3.25. The number of nitrogens with two attached hydrogens (primary N) is 1. The number of nitrogens with zero attached hydrogens (tertiary/aromatic N) is 4. The molecule has 1 fully saturated rings. The van der Waals surface area contributed by atoms with Crippen LogP contribution in [-0.2, 0) is 11.2 Å². The predicted octanol–water partition coefficient (Wildman–Crippen LogP) is 2.70. The van der Waals surface area contributed by atoms with E-state index in [-0.39, 0.29) is 29.0 Å². The zero-order valence-corrected chi connectivity index (χ0v) is 18.4. The van der Waals surface area contributed by atoms with Crippen molar-refractivity contribution in [1.82, 2.24) is 9.78 Å². The second-order valence-electron chi connectivity index (χ2n) is 8.27. The Balaban J connectivity index is 1.46. The highest BCUT2D eigenvalue weighted by molar-refractivity contribution is 6.09. The summed E-state index contributed by atoms with van der Waals surface area (Å²) in [5.41, 5.74) is 8.13. The number of methoxy groups -OCH3 is 1. The number of rotatable bonds is 5. The monoisotopic (exact) mass is 463 g/mol. The Morgan fingerprint density at radius 3 is 2.26 bits per heavy atom. The van der Waals surface area contributed by atoms with Crippen LogP contribution in [0.5, 0.6) is 5.75 Å². The van der Waals surface area contributed by atoms with Gasteiger partial charge in [0.1, 0.15) is 11.4 Å². The SMILES string of the molecule is [2H][13C]([2H])([2H])Oc1ccc(-n2nc(C(N)=O)c3c2C(=O)N(c2ccc(N4CCCCC4=O)cc2)CC3)cc1. The van der Waals surface area contributed by atoms with Crippen molar-refractivity contribution in [2.24, 2.45) is 5.73 Å². The number of benzene rings is 2. The van der Waals surface area contributed by atoms with Crippen molar-refractivity contribution in [3.05, 3.63) is 65.5 Å². The maximum absolute atomic E-state index is 13.7. The third kappa shape index (κ3) is 3.68. The molecule has 3 amide bonds. The molecule has 3 heterocycles. The number of hydrogen-bond acceptors (Lipinski definition) is 5. The molecule has 34 heavy (non-hydrogen) atoms. The van der Waals surface area contributed by atoms with Gasteiger partial charge < -0.3 is 20.3 Å². The molecule has 0 saturated carbocycles. The van der Waals surface area contributed by atoms with Crippen molar-refractivity contribution in [3.63, 3.8) is 0 Å². The second-order valence-corrected chi connectivity index (χ2v) is 8.27. The molecule has 3 aromatic rings. The predicted molar refractivity (Wildman–Crippen MR) is 127 cm³/mol. The lowest BCUT2D eigenvalue weighted by Gasteiger charge is -2.29. The van der Waals surface area contributed by atoms with E-state index in [1.807, 2.05) is 12.1 Å². The Kier molecular flexibility index (Phi) is 4.66. The number of ether oxygens (including phenoxy) is 1. The highest BCUT2D eigenvalue weighted by atomic mass is 16.5. The van der Waals surface area contributed by atoms with E-state index in [0.717, 1.165) is 18.5 Å². The molecule has 5 rings (SSSR count). The third-order valence-corrected chi connectivity index (χ3v) is 6.25. The Hall–Kier alpha value is -4.14. The van der Waals surface area contributed by atoms with Gasteiger partial charge in [-0.3, -0.25) is 14.4 Å². The third-order valence-electron chi connectivity index (χ3n) is 6.25. The molecule has 2 N–H and O–H groups in total. The van der Waals surface area contributed by atoms with E-state index >= 15 is 0 Å². The van der Waals surface area contributed by atoms with E-state index in [9.17, 15) is 14.4 Å². The molecule has 0 bridgehead atoms. The van der Waals surface area contributed by atoms with Gasteiger partial charge in [0.2, 0.25) is 5.91 Å². The van der Waals surface area contributed by atoms with Crippen LogP contribution in [0.15, 0.2) is 48.5 Å². The van der Waals surface area contributed by atoms with Crippen molar-refractivity contribution >= 4 is 29.1 Å². The summed E-state index contributed by atoms with van der Waals surface area (Å²) < 4.78 is 28.0. The molecule has 9 nitrogen and oxygen atoms in total. The molecule has 2 aliphatic heterocycles. The summed E-state index contributed by atoms with van der Waals surface area (Å²) in [7, 11) is -2.60. The van der Waals surface area contributed by atoms with Crippen LogP contribution < -0.4 is 20.3 Å². The molecular formula is C25H25N5O4. The number of carbonyl (C=O) groups excluding carboxylic acids is 3. The molecule has 0 atom stereocenters. The first-order chi connectivity index (χ1) is 17.6. The van der Waals surface area contributed by atoms with Gasteiger partial charge in [-0.25, -0.2) is 4.68 Å². The van der Waals surface area contributed by atoms with Gasteiger partial charge in [0.15, 0.2) is 5.69 Å². The summed E-state index contributed by atoms with van der Waals surface area (Å²) in [4.78, 5) is 41.4. The first-order valence-corrected chi connectivity index (χ1v) is 11.1. The van der Waals surface area contributed by atoms with Crippen LogP contribution >= 0.6 is 0 Å². The normalized spacial score (nSPS) is 17.6. The van der Waals surface area contributed by atoms with Gasteiger partial charge in [0, 0.05) is 36.4 Å². The highest BCUT2D eigenvalue weighted by Crippen LogP contribution is 2.31. The summed E-state index contributed by atoms with van der Waals surface area (Å²) >= 11 is 0. The summed E-state index contributed by atoms with van der Waals surface area (Å²) in [5.74, 6) is -0.879. The minimum atomic E-state index is -2.60. The minimum Gasteiger partial charge on any atom is -0.497 e. The van der Waals surface area contributed by atoms with Crippen LogP contribution in [0.2, 0.25) is 0 Å². The van der Waals surface area contributed by atoms with Crippen LogP contribution in [0.4, 0.5) is 11.4 Å². The molecule has 0 aliphatic carbocycles. The Morgan fingerprint density at radius 1 is 0.941 bits per heavy atom. The second kappa shape index (κ2) is 8.66. The Labute approximate surface area is 200 Å². The number of anilines is 2. The standard InChI is InChI=1S/C25H25N5O4/c1-34-19-11-9-18(10-12-19)30-23-20(22(27-30)24(26)32)13-15-29(25(23)33)17-7-5-16(6-8-17)28-14-3-2-4-21(28)31/h5-12H,2-4,13-15H2,1H3,(H2,26,32)/i1+1D3. The van der Waals surface area contributed by atoms with Crippen molar-refractivity contribution in [2.75, 3.05) is 29.9 Å². The molecule has 2 aliphatic rings. The molecule has 1 saturated heterocycles. The largest absolute Gasteiger partial charge is 0.497 e. The van der Waals surface area contributed by atoms with Crippen molar-refractivity contribution in [1.29, 1.82) is 0 Å². The van der Waals surface area contributed by atoms with E-state index in [4.69, 9.17) is 14.6 Å². The molecule has 9 heteroatoms. The zero-order chi connectivity index (χ0) is 26.3. The summed E-state index contributed by atoms with van der Waals surface area (Å²) in [6.45, 7) is 1.00. The lowest BCUT2D eigenvalue weighted by atomic mass is 10.0. The van der Waals surface area contributed by atoms with Crippen LogP contribution in [0.3, 0.4) is 0 Å². The Bertz CT molecular complexity index is 1370. The smallest absolute Gasteiger partial charge is 0.277 e. The van der Waals surface area contributed by atoms with E-state index in [2.05, 4.69) is 5.10 Å². The van der Waals surface area contributed by atoms with Gasteiger partial charge in [-0.15, -0.1) is 0 Å². The van der Waals surface area contributed by atoms with Crippen molar-refractivity contribution in [2.45, 2.75) is 25.7 Å². The Morgan fingerprint density at radius 2 is 1.62 bits per heavy atom. The highest BCUT2D eigenvalue weighted by Gasteiger charge is 2.34. The quantitative estimate of drug-likeness (QED) is 0.585. The summed E-state index contributed by atoms with van der Waals surface area (Å²) in [5, 5.41) is 4.33. The van der Waals surface area contributed by atoms with Crippen LogP contribution in [0.25, 0.3) is 5.69 Å². The lowest BCUT2D eigenvalue weighted by Crippen LogP contribution is -2.39. The van der Waals surface area contributed by atoms with E-state index in [0.29, 0.717) is 42.9 Å². The molecule has 1 aromatic heterocycles. The zero-order valence-electron chi connectivity index (χ0n) is 21.4. The van der Waals surface area contributed by atoms with Crippen LogP contribution in [0.1, 0.15) is 49.9 Å². The van der Waals surface area contributed by atoms with Gasteiger partial charge in [0.25, 0.3) is 11.8 Å². The van der Waals surface area contributed by atoms with Gasteiger partial charge in [-0.1, -0.05) is 0 Å². The number of carbonyl (C=O) groups is 3. The number of hydrogen-bond donors (Lipinski definition) is 1. The maximum Gasteiger partial charge on any atom is 0.277 e. The molecule has 2 aromatic carbocycles. The van der Waals surface area contributed by atoms with Gasteiger partial charge >= 0.3 is 0 Å². The van der Waals surface area contributed by atoms with Crippen LogP contribution in [-0.4, -0.2) is 47.6 Å². The van der Waals surface area contributed by atoms with E-state index in [1.54, 1.807) is 34.1 Å². The number of piperidine rings is 1. The fraction of sp³-hybridized carbons (Fsp3) is 0.280. The molecular weight excluding hydrogens is 435 g/mol. The number of aromatic nitrogens is 2. The van der Waals surface area contributed by atoms with Gasteiger partial charge in [-0.2, -0.15) is 5.10 Å². The summed E-state index contributed by atoms with van der Waals surface area (Å²) in [6.07, 6.45) is 2.75.